The highest BCUT2D eigenvalue weighted by Crippen LogP contribution is 2.51. The lowest BCUT2D eigenvalue weighted by atomic mass is 9.82. The molecule has 1 amide bonds. The summed E-state index contributed by atoms with van der Waals surface area (Å²) < 4.78 is 16.2. The Bertz CT molecular complexity index is 1330. The summed E-state index contributed by atoms with van der Waals surface area (Å²) in [6.07, 6.45) is 4.07. The van der Waals surface area contributed by atoms with Crippen molar-refractivity contribution in [2.24, 2.45) is 0 Å². The summed E-state index contributed by atoms with van der Waals surface area (Å²) >= 11 is 0. The van der Waals surface area contributed by atoms with Crippen LogP contribution in [0, 0.1) is 0 Å². The van der Waals surface area contributed by atoms with Gasteiger partial charge in [0.1, 0.15) is 5.75 Å². The largest absolute Gasteiger partial charge is 0.480 e. The van der Waals surface area contributed by atoms with Crippen LogP contribution in [0.5, 0.6) is 11.6 Å². The second kappa shape index (κ2) is 10.3. The van der Waals surface area contributed by atoms with Crippen LogP contribution in [0.2, 0.25) is 0 Å². The molecule has 1 aromatic carbocycles. The van der Waals surface area contributed by atoms with Gasteiger partial charge in [0.25, 0.3) is 0 Å². The van der Waals surface area contributed by atoms with E-state index in [0.717, 1.165) is 48.2 Å². The Morgan fingerprint density at radius 3 is 2.41 bits per heavy atom. The molecule has 2 aliphatic rings. The zero-order chi connectivity index (χ0) is 27.8. The molecule has 0 spiro atoms. The van der Waals surface area contributed by atoms with Crippen LogP contribution in [0.4, 0.5) is 10.6 Å². The number of amides is 1. The van der Waals surface area contributed by atoms with Crippen molar-refractivity contribution >= 4 is 11.9 Å². The number of hydrogen-bond acceptors (Lipinski definition) is 9. The van der Waals surface area contributed by atoms with E-state index in [9.17, 15) is 9.90 Å². The molecule has 11 nitrogen and oxygen atoms in total. The highest BCUT2D eigenvalue weighted by Gasteiger charge is 2.58. The van der Waals surface area contributed by atoms with Gasteiger partial charge in [-0.1, -0.05) is 6.07 Å². The van der Waals surface area contributed by atoms with Gasteiger partial charge in [0, 0.05) is 48.5 Å². The molecule has 2 aromatic heterocycles. The summed E-state index contributed by atoms with van der Waals surface area (Å²) in [5.74, 6) is 1.76. The molecule has 39 heavy (non-hydrogen) atoms. The molecule has 1 N–H and O–H groups in total. The lowest BCUT2D eigenvalue weighted by Gasteiger charge is -2.51. The molecule has 2 aliphatic heterocycles. The molecule has 0 radical (unpaired) electrons. The van der Waals surface area contributed by atoms with Crippen molar-refractivity contribution in [3.8, 4) is 34.0 Å². The van der Waals surface area contributed by atoms with Crippen LogP contribution in [0.1, 0.15) is 39.5 Å². The molecular formula is C28H34N6O5. The predicted octanol–water partition coefficient (Wildman–Crippen LogP) is 4.48. The molecule has 3 atom stereocenters. The standard InChI is InChI=1S/C28H34N6O5/c1-27-10-11-28(2,34(27)26(35)36)15-20(14-27)33(3)24-9-8-22(30-31-24)21-7-6-18(12-23(21)39-17-37-4)19-13-25(38-5)32-29-16-19/h6-9,12-13,16,20H,10-11,14-15,17H2,1-5H3,(H,35,36)/t20-,27+,28-. The second-order valence-corrected chi connectivity index (χ2v) is 10.8. The van der Waals surface area contributed by atoms with E-state index in [1.165, 1.54) is 0 Å². The number of nitrogens with zero attached hydrogens (tertiary/aromatic N) is 6. The van der Waals surface area contributed by atoms with Crippen molar-refractivity contribution in [2.45, 2.75) is 56.7 Å². The Morgan fingerprint density at radius 2 is 1.79 bits per heavy atom. The van der Waals surface area contributed by atoms with Gasteiger partial charge in [-0.05, 0) is 69.4 Å². The first kappa shape index (κ1) is 26.6. The molecule has 2 saturated heterocycles. The zero-order valence-corrected chi connectivity index (χ0v) is 22.9. The van der Waals surface area contributed by atoms with Gasteiger partial charge in [-0.3, -0.25) is 4.90 Å². The second-order valence-electron chi connectivity index (χ2n) is 10.8. The van der Waals surface area contributed by atoms with Crippen molar-refractivity contribution in [1.82, 2.24) is 25.3 Å². The summed E-state index contributed by atoms with van der Waals surface area (Å²) in [4.78, 5) is 15.8. The van der Waals surface area contributed by atoms with Crippen LogP contribution in [0.15, 0.2) is 42.6 Å². The Balaban J connectivity index is 1.39. The summed E-state index contributed by atoms with van der Waals surface area (Å²) in [7, 11) is 5.13. The van der Waals surface area contributed by atoms with E-state index < -0.39 is 6.09 Å². The number of piperidine rings is 1. The first-order chi connectivity index (χ1) is 18.7. The van der Waals surface area contributed by atoms with E-state index in [0.29, 0.717) is 17.3 Å². The lowest BCUT2D eigenvalue weighted by Crippen LogP contribution is -2.62. The predicted molar refractivity (Wildman–Crippen MR) is 145 cm³/mol. The third-order valence-corrected chi connectivity index (χ3v) is 8.15. The number of carboxylic acid groups (broad SMARTS) is 1. The fourth-order valence-corrected chi connectivity index (χ4v) is 6.23. The Morgan fingerprint density at radius 1 is 1.05 bits per heavy atom. The van der Waals surface area contributed by atoms with Gasteiger partial charge in [-0.25, -0.2) is 4.79 Å². The number of carbonyl (C=O) groups is 1. The van der Waals surface area contributed by atoms with Crippen LogP contribution in [0.25, 0.3) is 22.4 Å². The van der Waals surface area contributed by atoms with Gasteiger partial charge >= 0.3 is 6.09 Å². The molecule has 206 valence electrons. The molecule has 5 rings (SSSR count). The fourth-order valence-electron chi connectivity index (χ4n) is 6.23. The summed E-state index contributed by atoms with van der Waals surface area (Å²) in [6.45, 7) is 4.20. The lowest BCUT2D eigenvalue weighted by molar-refractivity contribution is 0.0131. The highest BCUT2D eigenvalue weighted by atomic mass is 16.7. The van der Waals surface area contributed by atoms with Crippen molar-refractivity contribution in [2.75, 3.05) is 33.0 Å². The van der Waals surface area contributed by atoms with Gasteiger partial charge in [0.15, 0.2) is 12.6 Å². The minimum Gasteiger partial charge on any atom is -0.480 e. The third kappa shape index (κ3) is 4.94. The zero-order valence-electron chi connectivity index (χ0n) is 22.9. The Kier molecular flexibility index (Phi) is 7.02. The summed E-state index contributed by atoms with van der Waals surface area (Å²) in [6, 6.07) is 11.6. The molecule has 2 bridgehead atoms. The first-order valence-corrected chi connectivity index (χ1v) is 12.9. The SMILES string of the molecule is COCOc1cc(-c2cnnc(OC)c2)ccc1-c1ccc(N(C)[C@@H]2C[C@]3(C)CC[C@](C)(C2)N3C(=O)O)nn1. The van der Waals surface area contributed by atoms with Gasteiger partial charge in [-0.15, -0.1) is 15.3 Å². The summed E-state index contributed by atoms with van der Waals surface area (Å²) in [5.41, 5.74) is 2.40. The highest BCUT2D eigenvalue weighted by molar-refractivity contribution is 5.75. The number of fused-ring (bicyclic) bond motifs is 2. The normalized spacial score (nSPS) is 23.9. The molecule has 4 heterocycles. The van der Waals surface area contributed by atoms with Crippen molar-refractivity contribution < 1.29 is 24.1 Å². The van der Waals surface area contributed by atoms with Crippen molar-refractivity contribution in [1.29, 1.82) is 0 Å². The molecule has 0 aliphatic carbocycles. The van der Waals surface area contributed by atoms with Crippen LogP contribution < -0.4 is 14.4 Å². The number of hydrogen-bond donors (Lipinski definition) is 1. The van der Waals surface area contributed by atoms with Crippen LogP contribution in [-0.2, 0) is 4.74 Å². The van der Waals surface area contributed by atoms with Crippen LogP contribution in [-0.4, -0.2) is 81.7 Å². The Hall–Kier alpha value is -3.99. The smallest absolute Gasteiger partial charge is 0.408 e. The maximum absolute atomic E-state index is 12.0. The number of anilines is 1. The maximum atomic E-state index is 12.0. The molecule has 2 fully saturated rings. The van der Waals surface area contributed by atoms with E-state index in [-0.39, 0.29) is 23.9 Å². The number of ether oxygens (including phenoxy) is 3. The van der Waals surface area contributed by atoms with Crippen molar-refractivity contribution in [3.05, 3.63) is 42.6 Å². The summed E-state index contributed by atoms with van der Waals surface area (Å²) in [5, 5.41) is 26.9. The quantitative estimate of drug-likeness (QED) is 0.414. The fraction of sp³-hybridized carbons (Fsp3) is 0.464. The van der Waals surface area contributed by atoms with Crippen molar-refractivity contribution in [3.63, 3.8) is 0 Å². The minimum atomic E-state index is -0.834. The van der Waals surface area contributed by atoms with Crippen LogP contribution in [0.3, 0.4) is 0 Å². The van der Waals surface area contributed by atoms with Gasteiger partial charge < -0.3 is 24.2 Å². The molecule has 0 unspecified atom stereocenters. The molecule has 0 saturated carbocycles. The van der Waals surface area contributed by atoms with E-state index >= 15 is 0 Å². The number of methoxy groups -OCH3 is 2. The first-order valence-electron chi connectivity index (χ1n) is 12.9. The Labute approximate surface area is 227 Å². The monoisotopic (exact) mass is 534 g/mol. The van der Waals surface area contributed by atoms with Gasteiger partial charge in [0.05, 0.1) is 19.0 Å². The molecular weight excluding hydrogens is 500 g/mol. The maximum Gasteiger partial charge on any atom is 0.408 e. The van der Waals surface area contributed by atoms with E-state index in [1.807, 2.05) is 37.4 Å². The average Bonchev–Trinajstić information content (AvgIpc) is 3.12. The molecule has 3 aromatic rings. The minimum absolute atomic E-state index is 0.0786. The van der Waals surface area contributed by atoms with Gasteiger partial charge in [0.2, 0.25) is 5.88 Å². The molecule has 11 heteroatoms. The third-order valence-electron chi connectivity index (χ3n) is 8.15. The van der Waals surface area contributed by atoms with E-state index in [1.54, 1.807) is 31.4 Å². The van der Waals surface area contributed by atoms with E-state index in [2.05, 4.69) is 39.1 Å². The average molecular weight is 535 g/mol. The van der Waals surface area contributed by atoms with Gasteiger partial charge in [-0.2, -0.15) is 5.10 Å². The number of rotatable bonds is 8. The van der Waals surface area contributed by atoms with E-state index in [4.69, 9.17) is 14.2 Å². The number of aromatic nitrogens is 4. The number of benzene rings is 1. The topological polar surface area (TPSA) is 123 Å². The van der Waals surface area contributed by atoms with Crippen LogP contribution >= 0.6 is 0 Å².